The zero-order valence-electron chi connectivity index (χ0n) is 13.5. The first-order valence-electron chi connectivity index (χ1n) is 8.18. The van der Waals surface area contributed by atoms with Gasteiger partial charge in [0.25, 0.3) is 5.91 Å². The highest BCUT2D eigenvalue weighted by molar-refractivity contribution is 6.42. The second-order valence-corrected chi connectivity index (χ2v) is 6.92. The molecular formula is C17H21Cl2NO4. The highest BCUT2D eigenvalue weighted by atomic mass is 35.5. The van der Waals surface area contributed by atoms with E-state index in [-0.39, 0.29) is 12.2 Å². The van der Waals surface area contributed by atoms with Gasteiger partial charge in [-0.1, -0.05) is 23.2 Å². The van der Waals surface area contributed by atoms with Crippen LogP contribution in [0.15, 0.2) is 18.2 Å². The normalized spacial score (nSPS) is 21.0. The minimum Gasteiger partial charge on any atom is -0.481 e. The van der Waals surface area contributed by atoms with E-state index in [1.54, 1.807) is 25.1 Å². The predicted molar refractivity (Wildman–Crippen MR) is 91.5 cm³/mol. The van der Waals surface area contributed by atoms with Crippen LogP contribution in [0.1, 0.15) is 19.8 Å². The summed E-state index contributed by atoms with van der Waals surface area (Å²) in [6, 6.07) is 4.98. The van der Waals surface area contributed by atoms with Crippen molar-refractivity contribution in [1.82, 2.24) is 4.90 Å². The zero-order chi connectivity index (χ0) is 17.1. The van der Waals surface area contributed by atoms with E-state index in [1.807, 2.05) is 4.90 Å². The molecule has 0 bridgehead atoms. The van der Waals surface area contributed by atoms with Gasteiger partial charge in [0.05, 0.1) is 23.3 Å². The fraction of sp³-hybridized carbons (Fsp3) is 0.588. The molecule has 2 fully saturated rings. The largest absolute Gasteiger partial charge is 0.481 e. The summed E-state index contributed by atoms with van der Waals surface area (Å²) in [4.78, 5) is 14.4. The average molecular weight is 374 g/mol. The van der Waals surface area contributed by atoms with Gasteiger partial charge in [0.15, 0.2) is 12.4 Å². The number of rotatable bonds is 4. The Morgan fingerprint density at radius 1 is 1.21 bits per heavy atom. The van der Waals surface area contributed by atoms with Crippen LogP contribution in [0.3, 0.4) is 0 Å². The van der Waals surface area contributed by atoms with Crippen LogP contribution >= 0.6 is 23.2 Å². The van der Waals surface area contributed by atoms with E-state index < -0.39 is 6.10 Å². The highest BCUT2D eigenvalue weighted by Gasteiger charge is 2.33. The number of hydrogen-bond acceptors (Lipinski definition) is 4. The molecule has 0 radical (unpaired) electrons. The average Bonchev–Trinajstić information content (AvgIpc) is 3.12. The molecule has 1 aromatic rings. The number of amides is 1. The second-order valence-electron chi connectivity index (χ2n) is 6.11. The Kier molecular flexibility index (Phi) is 5.87. The molecule has 7 heteroatoms. The minimum atomic E-state index is -0.572. The van der Waals surface area contributed by atoms with E-state index in [9.17, 15) is 4.79 Å². The Bertz CT molecular complexity index is 584. The fourth-order valence-corrected chi connectivity index (χ4v) is 3.39. The quantitative estimate of drug-likeness (QED) is 0.811. The lowest BCUT2D eigenvalue weighted by Crippen LogP contribution is -2.46. The third kappa shape index (κ3) is 4.14. The molecule has 0 aromatic heterocycles. The molecule has 1 aromatic carbocycles. The van der Waals surface area contributed by atoms with Crippen molar-refractivity contribution in [2.45, 2.75) is 32.2 Å². The smallest absolute Gasteiger partial charge is 0.263 e. The summed E-state index contributed by atoms with van der Waals surface area (Å²) in [5.74, 6) is 0.878. The maximum Gasteiger partial charge on any atom is 0.263 e. The van der Waals surface area contributed by atoms with Crippen molar-refractivity contribution in [1.29, 1.82) is 0 Å². The van der Waals surface area contributed by atoms with Crippen molar-refractivity contribution in [2.75, 3.05) is 26.3 Å². The number of piperidine rings is 1. The van der Waals surface area contributed by atoms with Crippen LogP contribution in [0.5, 0.6) is 5.75 Å². The van der Waals surface area contributed by atoms with Crippen molar-refractivity contribution in [2.24, 2.45) is 5.92 Å². The molecule has 2 saturated heterocycles. The van der Waals surface area contributed by atoms with Crippen molar-refractivity contribution in [3.8, 4) is 5.75 Å². The van der Waals surface area contributed by atoms with Gasteiger partial charge in [-0.2, -0.15) is 0 Å². The van der Waals surface area contributed by atoms with Gasteiger partial charge in [0, 0.05) is 25.1 Å². The van der Waals surface area contributed by atoms with Crippen LogP contribution in [0.2, 0.25) is 10.0 Å². The fourth-order valence-electron chi connectivity index (χ4n) is 3.10. The van der Waals surface area contributed by atoms with E-state index in [1.165, 1.54) is 0 Å². The molecule has 24 heavy (non-hydrogen) atoms. The topological polar surface area (TPSA) is 48.0 Å². The number of ether oxygens (including phenoxy) is 3. The molecule has 1 amide bonds. The number of hydrogen-bond donors (Lipinski definition) is 0. The lowest BCUT2D eigenvalue weighted by molar-refractivity contribution is -0.143. The number of carbonyl (C=O) groups excluding carboxylic acids is 1. The first kappa shape index (κ1) is 17.8. The Morgan fingerprint density at radius 3 is 2.50 bits per heavy atom. The van der Waals surface area contributed by atoms with E-state index in [0.717, 1.165) is 12.8 Å². The number of carbonyl (C=O) groups is 1. The first-order chi connectivity index (χ1) is 11.5. The molecular weight excluding hydrogens is 353 g/mol. The van der Waals surface area contributed by atoms with E-state index >= 15 is 0 Å². The van der Waals surface area contributed by atoms with Crippen molar-refractivity contribution in [3.63, 3.8) is 0 Å². The van der Waals surface area contributed by atoms with E-state index in [0.29, 0.717) is 48.0 Å². The molecule has 0 N–H and O–H groups in total. The maximum atomic E-state index is 12.6. The Morgan fingerprint density at radius 2 is 1.88 bits per heavy atom. The van der Waals surface area contributed by atoms with Gasteiger partial charge in [0.2, 0.25) is 0 Å². The first-order valence-corrected chi connectivity index (χ1v) is 8.94. The number of halogens is 2. The lowest BCUT2D eigenvalue weighted by atomic mass is 9.96. The summed E-state index contributed by atoms with van der Waals surface area (Å²) in [6.07, 6.45) is 1.09. The molecule has 0 spiro atoms. The maximum absolute atomic E-state index is 12.6. The summed E-state index contributed by atoms with van der Waals surface area (Å²) >= 11 is 11.9. The molecule has 132 valence electrons. The van der Waals surface area contributed by atoms with Gasteiger partial charge in [-0.3, -0.25) is 4.79 Å². The van der Waals surface area contributed by atoms with Gasteiger partial charge in [-0.25, -0.2) is 0 Å². The van der Waals surface area contributed by atoms with Gasteiger partial charge in [-0.05, 0) is 31.9 Å². The third-order valence-electron chi connectivity index (χ3n) is 4.44. The summed E-state index contributed by atoms with van der Waals surface area (Å²) in [7, 11) is 0. The Balaban J connectivity index is 1.51. The molecule has 2 heterocycles. The predicted octanol–water partition coefficient (Wildman–Crippen LogP) is 3.37. The lowest BCUT2D eigenvalue weighted by Gasteiger charge is -2.35. The standard InChI is InChI=1S/C17H21Cl2NO4/c1-11(24-13-2-3-14(18)15(19)10-13)16(21)20-6-4-12(5-7-20)17-22-8-9-23-17/h2-3,10-12,17H,4-9H2,1H3. The minimum absolute atomic E-state index is 0.0206. The van der Waals surface area contributed by atoms with Crippen LogP contribution in [0, 0.1) is 5.92 Å². The van der Waals surface area contributed by atoms with E-state index in [2.05, 4.69) is 0 Å². The summed E-state index contributed by atoms with van der Waals surface area (Å²) in [5.41, 5.74) is 0. The monoisotopic (exact) mass is 373 g/mol. The van der Waals surface area contributed by atoms with Gasteiger partial charge in [-0.15, -0.1) is 0 Å². The van der Waals surface area contributed by atoms with E-state index in [4.69, 9.17) is 37.4 Å². The Labute approximate surface area is 151 Å². The van der Waals surface area contributed by atoms with Crippen LogP contribution < -0.4 is 4.74 Å². The summed E-state index contributed by atoms with van der Waals surface area (Å²) in [6.45, 7) is 4.47. The van der Waals surface area contributed by atoms with Crippen molar-refractivity contribution < 1.29 is 19.0 Å². The second kappa shape index (κ2) is 7.91. The summed E-state index contributed by atoms with van der Waals surface area (Å²) < 4.78 is 16.8. The molecule has 2 aliphatic heterocycles. The number of likely N-dealkylation sites (tertiary alicyclic amines) is 1. The molecule has 1 atom stereocenters. The Hall–Kier alpha value is -1.01. The van der Waals surface area contributed by atoms with Crippen LogP contribution in [0.4, 0.5) is 0 Å². The van der Waals surface area contributed by atoms with Crippen LogP contribution in [0.25, 0.3) is 0 Å². The molecule has 1 unspecified atom stereocenters. The molecule has 0 aliphatic carbocycles. The SMILES string of the molecule is CC(Oc1ccc(Cl)c(Cl)c1)C(=O)N1CCC(C2OCCO2)CC1. The van der Waals surface area contributed by atoms with Gasteiger partial charge < -0.3 is 19.1 Å². The zero-order valence-corrected chi connectivity index (χ0v) is 15.1. The number of benzene rings is 1. The van der Waals surface area contributed by atoms with Crippen LogP contribution in [-0.2, 0) is 14.3 Å². The van der Waals surface area contributed by atoms with Gasteiger partial charge in [0.1, 0.15) is 5.75 Å². The van der Waals surface area contributed by atoms with Crippen molar-refractivity contribution >= 4 is 29.1 Å². The molecule has 5 nitrogen and oxygen atoms in total. The summed E-state index contributed by atoms with van der Waals surface area (Å²) in [5, 5.41) is 0.868. The number of nitrogens with zero attached hydrogens (tertiary/aromatic N) is 1. The van der Waals surface area contributed by atoms with Crippen LogP contribution in [-0.4, -0.2) is 49.5 Å². The molecule has 2 aliphatic rings. The van der Waals surface area contributed by atoms with Crippen molar-refractivity contribution in [3.05, 3.63) is 28.2 Å². The van der Waals surface area contributed by atoms with Gasteiger partial charge >= 0.3 is 0 Å². The highest BCUT2D eigenvalue weighted by Crippen LogP contribution is 2.28. The third-order valence-corrected chi connectivity index (χ3v) is 5.17. The molecule has 0 saturated carbocycles. The molecule has 3 rings (SSSR count).